The van der Waals surface area contributed by atoms with Crippen molar-refractivity contribution in [2.75, 3.05) is 4.90 Å². The van der Waals surface area contributed by atoms with Crippen LogP contribution in [-0.4, -0.2) is 4.57 Å². The SMILES string of the molecule is c1ccc(-c2cccc3ccc(-c4ccc(N(c5ccc6ccc7ccccc7c6c5)c5cccc6c5c5ccccc5n6-c5ccccc5)cc4)cc23)cc1. The Morgan fingerprint density at radius 1 is 0.321 bits per heavy atom. The Morgan fingerprint density at radius 2 is 0.911 bits per heavy atom. The van der Waals surface area contributed by atoms with Crippen LogP contribution < -0.4 is 4.90 Å². The first kappa shape index (κ1) is 32.0. The van der Waals surface area contributed by atoms with Gasteiger partial charge in [0.1, 0.15) is 0 Å². The standard InChI is InChI=1S/C54H36N2/c1-3-13-38(14-4-1)47-21-11-16-40-27-28-42(35-49(40)47)37-29-32-44(33-30-37)55(45-34-31-41-26-25-39-15-7-8-19-46(39)50(41)36-45)52-23-12-24-53-54(52)48-20-9-10-22-51(48)56(53)43-17-5-2-6-18-43/h1-36H. The van der Waals surface area contributed by atoms with E-state index in [0.29, 0.717) is 0 Å². The largest absolute Gasteiger partial charge is 0.310 e. The highest BCUT2D eigenvalue weighted by Gasteiger charge is 2.21. The lowest BCUT2D eigenvalue weighted by atomic mass is 9.95. The predicted octanol–water partition coefficient (Wildman–Crippen LogP) is 15.0. The molecule has 0 bridgehead atoms. The molecule has 0 fully saturated rings. The molecule has 0 aliphatic rings. The second-order valence-electron chi connectivity index (χ2n) is 14.5. The third kappa shape index (κ3) is 5.26. The number of nitrogens with zero attached hydrogens (tertiary/aromatic N) is 2. The molecule has 56 heavy (non-hydrogen) atoms. The molecule has 262 valence electrons. The van der Waals surface area contributed by atoms with Gasteiger partial charge in [-0.05, 0) is 115 Å². The lowest BCUT2D eigenvalue weighted by Crippen LogP contribution is -2.10. The average molecular weight is 713 g/mol. The lowest BCUT2D eigenvalue weighted by Gasteiger charge is -2.27. The lowest BCUT2D eigenvalue weighted by molar-refractivity contribution is 1.18. The monoisotopic (exact) mass is 712 g/mol. The van der Waals surface area contributed by atoms with Gasteiger partial charge in [-0.15, -0.1) is 0 Å². The van der Waals surface area contributed by atoms with Crippen LogP contribution in [0.4, 0.5) is 17.1 Å². The summed E-state index contributed by atoms with van der Waals surface area (Å²) >= 11 is 0. The molecular formula is C54H36N2. The molecule has 0 spiro atoms. The van der Waals surface area contributed by atoms with Gasteiger partial charge >= 0.3 is 0 Å². The van der Waals surface area contributed by atoms with Gasteiger partial charge in [0.15, 0.2) is 0 Å². The molecule has 11 rings (SSSR count). The molecule has 2 heteroatoms. The topological polar surface area (TPSA) is 8.17 Å². The van der Waals surface area contributed by atoms with Crippen molar-refractivity contribution in [3.8, 4) is 27.9 Å². The number of aromatic nitrogens is 1. The zero-order valence-electron chi connectivity index (χ0n) is 30.7. The summed E-state index contributed by atoms with van der Waals surface area (Å²) in [5.41, 5.74) is 11.7. The molecule has 2 nitrogen and oxygen atoms in total. The average Bonchev–Trinajstić information content (AvgIpc) is 3.62. The minimum Gasteiger partial charge on any atom is -0.310 e. The fourth-order valence-corrected chi connectivity index (χ4v) is 8.72. The van der Waals surface area contributed by atoms with Crippen molar-refractivity contribution in [1.82, 2.24) is 4.57 Å². The Bertz CT molecular complexity index is 3230. The normalized spacial score (nSPS) is 11.6. The van der Waals surface area contributed by atoms with Crippen molar-refractivity contribution in [1.29, 1.82) is 0 Å². The Labute approximate surface area is 325 Å². The summed E-state index contributed by atoms with van der Waals surface area (Å²) in [7, 11) is 0. The van der Waals surface area contributed by atoms with Crippen molar-refractivity contribution in [3.05, 3.63) is 218 Å². The van der Waals surface area contributed by atoms with E-state index in [4.69, 9.17) is 0 Å². The van der Waals surface area contributed by atoms with E-state index in [2.05, 4.69) is 228 Å². The molecule has 1 heterocycles. The molecule has 0 atom stereocenters. The van der Waals surface area contributed by atoms with Crippen LogP contribution in [0.5, 0.6) is 0 Å². The maximum Gasteiger partial charge on any atom is 0.0562 e. The smallest absolute Gasteiger partial charge is 0.0562 e. The highest BCUT2D eigenvalue weighted by molar-refractivity contribution is 6.17. The number of hydrogen-bond donors (Lipinski definition) is 0. The number of anilines is 3. The molecule has 0 radical (unpaired) electrons. The van der Waals surface area contributed by atoms with Crippen LogP contribution in [0.1, 0.15) is 0 Å². The Balaban J connectivity index is 1.12. The van der Waals surface area contributed by atoms with Gasteiger partial charge < -0.3 is 9.47 Å². The zero-order chi connectivity index (χ0) is 37.0. The Kier molecular flexibility index (Phi) is 7.53. The van der Waals surface area contributed by atoms with E-state index in [1.165, 1.54) is 76.4 Å². The number of benzene rings is 10. The van der Waals surface area contributed by atoms with Gasteiger partial charge in [0.05, 0.1) is 16.7 Å². The molecule has 0 unspecified atom stereocenters. The van der Waals surface area contributed by atoms with Crippen LogP contribution in [0.25, 0.3) is 82.1 Å². The molecular weight excluding hydrogens is 677 g/mol. The summed E-state index contributed by atoms with van der Waals surface area (Å²) in [4.78, 5) is 2.45. The third-order valence-electron chi connectivity index (χ3n) is 11.3. The predicted molar refractivity (Wildman–Crippen MR) is 239 cm³/mol. The second kappa shape index (κ2) is 13.2. The Morgan fingerprint density at radius 3 is 1.75 bits per heavy atom. The fraction of sp³-hybridized carbons (Fsp3) is 0. The van der Waals surface area contributed by atoms with E-state index in [1.807, 2.05) is 0 Å². The van der Waals surface area contributed by atoms with E-state index in [9.17, 15) is 0 Å². The summed E-state index contributed by atoms with van der Waals surface area (Å²) in [6, 6.07) is 79.5. The van der Waals surface area contributed by atoms with Gasteiger partial charge in [-0.25, -0.2) is 0 Å². The second-order valence-corrected chi connectivity index (χ2v) is 14.5. The number of rotatable bonds is 6. The zero-order valence-corrected chi connectivity index (χ0v) is 30.7. The van der Waals surface area contributed by atoms with Crippen LogP contribution >= 0.6 is 0 Å². The first-order valence-electron chi connectivity index (χ1n) is 19.3. The highest BCUT2D eigenvalue weighted by atomic mass is 15.1. The molecule has 0 saturated carbocycles. The van der Waals surface area contributed by atoms with Crippen molar-refractivity contribution in [2.24, 2.45) is 0 Å². The van der Waals surface area contributed by atoms with Gasteiger partial charge in [-0.3, -0.25) is 0 Å². The maximum atomic E-state index is 2.45. The molecule has 1 aromatic heterocycles. The number of hydrogen-bond acceptors (Lipinski definition) is 1. The molecule has 0 amide bonds. The van der Waals surface area contributed by atoms with Gasteiger partial charge in [0.2, 0.25) is 0 Å². The van der Waals surface area contributed by atoms with E-state index < -0.39 is 0 Å². The molecule has 11 aromatic rings. The van der Waals surface area contributed by atoms with Crippen LogP contribution in [0.3, 0.4) is 0 Å². The Hall–Kier alpha value is -7.42. The molecule has 0 aliphatic heterocycles. The van der Waals surface area contributed by atoms with Crippen LogP contribution in [0.15, 0.2) is 218 Å². The molecule has 10 aromatic carbocycles. The maximum absolute atomic E-state index is 2.45. The van der Waals surface area contributed by atoms with Gasteiger partial charge in [0, 0.05) is 27.8 Å². The molecule has 0 N–H and O–H groups in total. The fourth-order valence-electron chi connectivity index (χ4n) is 8.72. The van der Waals surface area contributed by atoms with Crippen molar-refractivity contribution >= 4 is 71.2 Å². The quantitative estimate of drug-likeness (QED) is 0.156. The summed E-state index contributed by atoms with van der Waals surface area (Å²) in [6.07, 6.45) is 0. The minimum absolute atomic E-state index is 1.10. The first-order chi connectivity index (χ1) is 27.8. The van der Waals surface area contributed by atoms with E-state index in [0.717, 1.165) is 22.7 Å². The summed E-state index contributed by atoms with van der Waals surface area (Å²) in [5.74, 6) is 0. The van der Waals surface area contributed by atoms with Gasteiger partial charge in [0.25, 0.3) is 0 Å². The van der Waals surface area contributed by atoms with Crippen molar-refractivity contribution < 1.29 is 0 Å². The van der Waals surface area contributed by atoms with Crippen LogP contribution in [-0.2, 0) is 0 Å². The minimum atomic E-state index is 1.10. The van der Waals surface area contributed by atoms with E-state index in [-0.39, 0.29) is 0 Å². The molecule has 0 saturated heterocycles. The van der Waals surface area contributed by atoms with Gasteiger partial charge in [-0.2, -0.15) is 0 Å². The highest BCUT2D eigenvalue weighted by Crippen LogP contribution is 2.45. The van der Waals surface area contributed by atoms with Crippen molar-refractivity contribution in [3.63, 3.8) is 0 Å². The third-order valence-corrected chi connectivity index (χ3v) is 11.3. The number of para-hydroxylation sites is 2. The van der Waals surface area contributed by atoms with E-state index in [1.54, 1.807) is 0 Å². The first-order valence-corrected chi connectivity index (χ1v) is 19.3. The van der Waals surface area contributed by atoms with Crippen LogP contribution in [0, 0.1) is 0 Å². The summed E-state index contributed by atoms with van der Waals surface area (Å²) < 4.78 is 2.40. The van der Waals surface area contributed by atoms with Crippen molar-refractivity contribution in [2.45, 2.75) is 0 Å². The summed E-state index contributed by atoms with van der Waals surface area (Å²) in [5, 5.41) is 9.91. The number of fused-ring (bicyclic) bond motifs is 7. The summed E-state index contributed by atoms with van der Waals surface area (Å²) in [6.45, 7) is 0. The van der Waals surface area contributed by atoms with E-state index >= 15 is 0 Å². The van der Waals surface area contributed by atoms with Gasteiger partial charge in [-0.1, -0.05) is 158 Å². The molecule has 0 aliphatic carbocycles. The van der Waals surface area contributed by atoms with Crippen LogP contribution in [0.2, 0.25) is 0 Å².